The molecule has 1 aromatic rings. The van der Waals surface area contributed by atoms with Crippen LogP contribution >= 0.6 is 23.2 Å². The first-order valence-corrected chi connectivity index (χ1v) is 5.10. The van der Waals surface area contributed by atoms with Crippen LogP contribution in [0.15, 0.2) is 12.1 Å². The van der Waals surface area contributed by atoms with Crippen LogP contribution in [0.25, 0.3) is 0 Å². The molecular weight excluding hydrogens is 282 g/mol. The molecule has 3 nitrogen and oxygen atoms in total. The maximum atomic E-state index is 11.9. The van der Waals surface area contributed by atoms with Gasteiger partial charge in [-0.25, -0.2) is 0 Å². The van der Waals surface area contributed by atoms with Gasteiger partial charge in [-0.2, -0.15) is 0 Å². The van der Waals surface area contributed by atoms with E-state index in [9.17, 15) is 13.2 Å². The zero-order chi connectivity index (χ0) is 13.2. The van der Waals surface area contributed by atoms with Gasteiger partial charge < -0.3 is 10.5 Å². The molecule has 1 rings (SSSR count). The van der Waals surface area contributed by atoms with Crippen molar-refractivity contribution in [3.63, 3.8) is 0 Å². The van der Waals surface area contributed by atoms with Crippen LogP contribution in [0.1, 0.15) is 6.92 Å². The minimum absolute atomic E-state index is 0.00706. The topological polar surface area (TPSA) is 44.5 Å². The number of nitrogen functional groups attached to an aromatic ring is 1. The van der Waals surface area contributed by atoms with Crippen molar-refractivity contribution in [2.75, 3.05) is 5.73 Å². The van der Waals surface area contributed by atoms with Crippen LogP contribution < -0.4 is 10.5 Å². The highest BCUT2D eigenvalue weighted by atomic mass is 35.5. The molecular formula is C9H8Cl2F3NO2. The largest absolute Gasteiger partial charge is 0.525 e. The van der Waals surface area contributed by atoms with Crippen LogP contribution in [-0.2, 0) is 4.74 Å². The molecule has 1 aromatic carbocycles. The summed E-state index contributed by atoms with van der Waals surface area (Å²) in [6.07, 6.45) is -6.37. The number of benzene rings is 1. The van der Waals surface area contributed by atoms with Crippen LogP contribution in [-0.4, -0.2) is 12.7 Å². The number of hydrogen-bond donors (Lipinski definition) is 1. The summed E-state index contributed by atoms with van der Waals surface area (Å²) in [6.45, 7) is 1.07. The zero-order valence-electron chi connectivity index (χ0n) is 8.52. The van der Waals surface area contributed by atoms with E-state index in [0.29, 0.717) is 0 Å². The summed E-state index contributed by atoms with van der Waals surface area (Å²) in [6, 6.07) is 2.62. The van der Waals surface area contributed by atoms with E-state index >= 15 is 0 Å². The molecule has 2 N–H and O–H groups in total. The van der Waals surface area contributed by atoms with Crippen molar-refractivity contribution in [3.8, 4) is 5.75 Å². The number of nitrogens with two attached hydrogens (primary N) is 1. The number of rotatable bonds is 3. The quantitative estimate of drug-likeness (QED) is 0.679. The molecule has 1 unspecified atom stereocenters. The van der Waals surface area contributed by atoms with Gasteiger partial charge in [-0.3, -0.25) is 4.74 Å². The SMILES string of the molecule is CC(Oc1c(Cl)cc(N)cc1Cl)OC(F)(F)F. The highest BCUT2D eigenvalue weighted by Gasteiger charge is 2.33. The fourth-order valence-corrected chi connectivity index (χ4v) is 1.66. The molecule has 0 radical (unpaired) electrons. The number of hydrogen-bond acceptors (Lipinski definition) is 3. The van der Waals surface area contributed by atoms with Crippen molar-refractivity contribution in [1.29, 1.82) is 0 Å². The Balaban J connectivity index is 2.82. The Morgan fingerprint density at radius 1 is 1.24 bits per heavy atom. The lowest BCUT2D eigenvalue weighted by Crippen LogP contribution is -2.26. The highest BCUT2D eigenvalue weighted by Crippen LogP contribution is 2.36. The molecule has 8 heteroatoms. The van der Waals surface area contributed by atoms with E-state index in [-0.39, 0.29) is 21.5 Å². The van der Waals surface area contributed by atoms with Gasteiger partial charge in [-0.05, 0) is 19.1 Å². The molecule has 0 bridgehead atoms. The molecule has 1 atom stereocenters. The highest BCUT2D eigenvalue weighted by molar-refractivity contribution is 6.37. The molecule has 96 valence electrons. The van der Waals surface area contributed by atoms with Gasteiger partial charge in [0, 0.05) is 5.69 Å². The van der Waals surface area contributed by atoms with E-state index in [1.54, 1.807) is 0 Å². The Hall–Kier alpha value is -0.850. The standard InChI is InChI=1S/C9H8Cl2F3NO2/c1-4(17-9(12,13)14)16-8-6(10)2-5(15)3-7(8)11/h2-4H,15H2,1H3. The number of alkyl halides is 3. The molecule has 0 saturated carbocycles. The van der Waals surface area contributed by atoms with Crippen molar-refractivity contribution in [2.24, 2.45) is 0 Å². The second kappa shape index (κ2) is 5.20. The van der Waals surface area contributed by atoms with Crippen LogP contribution in [0.5, 0.6) is 5.75 Å². The predicted octanol–water partition coefficient (Wildman–Crippen LogP) is 3.84. The van der Waals surface area contributed by atoms with Crippen LogP contribution in [0.3, 0.4) is 0 Å². The van der Waals surface area contributed by atoms with Crippen molar-refractivity contribution >= 4 is 28.9 Å². The Morgan fingerprint density at radius 2 is 1.71 bits per heavy atom. The van der Waals surface area contributed by atoms with Gasteiger partial charge in [0.2, 0.25) is 6.29 Å². The molecule has 0 fully saturated rings. The number of ether oxygens (including phenoxy) is 2. The summed E-state index contributed by atoms with van der Waals surface area (Å²) in [4.78, 5) is 0. The fourth-order valence-electron chi connectivity index (χ4n) is 1.07. The Labute approximate surface area is 105 Å². The average molecular weight is 290 g/mol. The maximum absolute atomic E-state index is 11.9. The third-order valence-electron chi connectivity index (χ3n) is 1.60. The lowest BCUT2D eigenvalue weighted by molar-refractivity contribution is -0.363. The van der Waals surface area contributed by atoms with Crippen LogP contribution in [0.4, 0.5) is 18.9 Å². The molecule has 0 aliphatic heterocycles. The predicted molar refractivity (Wildman–Crippen MR) is 58.1 cm³/mol. The van der Waals surface area contributed by atoms with Crippen molar-refractivity contribution in [3.05, 3.63) is 22.2 Å². The van der Waals surface area contributed by atoms with E-state index in [1.807, 2.05) is 0 Å². The van der Waals surface area contributed by atoms with Crippen molar-refractivity contribution in [2.45, 2.75) is 19.6 Å². The molecule has 0 aliphatic rings. The first-order valence-electron chi connectivity index (χ1n) is 4.35. The molecule has 0 amide bonds. The normalized spacial score (nSPS) is 13.5. The van der Waals surface area contributed by atoms with E-state index in [1.165, 1.54) is 12.1 Å². The van der Waals surface area contributed by atoms with Gasteiger partial charge in [0.15, 0.2) is 5.75 Å². The van der Waals surface area contributed by atoms with Crippen LogP contribution in [0, 0.1) is 0 Å². The summed E-state index contributed by atoms with van der Waals surface area (Å²) in [5, 5.41) is 0.0141. The average Bonchev–Trinajstić information content (AvgIpc) is 2.08. The van der Waals surface area contributed by atoms with E-state index in [4.69, 9.17) is 33.7 Å². The second-order valence-electron chi connectivity index (χ2n) is 3.06. The molecule has 0 heterocycles. The van der Waals surface area contributed by atoms with E-state index in [0.717, 1.165) is 6.92 Å². The molecule has 0 aromatic heterocycles. The Bertz CT molecular complexity index is 389. The minimum atomic E-state index is -4.80. The molecule has 0 spiro atoms. The van der Waals surface area contributed by atoms with Gasteiger partial charge in [0.1, 0.15) is 0 Å². The maximum Gasteiger partial charge on any atom is 0.525 e. The van der Waals surface area contributed by atoms with E-state index in [2.05, 4.69) is 4.74 Å². The monoisotopic (exact) mass is 289 g/mol. The minimum Gasteiger partial charge on any atom is -0.462 e. The Morgan fingerprint density at radius 3 is 2.12 bits per heavy atom. The summed E-state index contributed by atoms with van der Waals surface area (Å²) < 4.78 is 44.1. The van der Waals surface area contributed by atoms with Crippen LogP contribution in [0.2, 0.25) is 10.0 Å². The van der Waals surface area contributed by atoms with Crippen molar-refractivity contribution < 1.29 is 22.6 Å². The van der Waals surface area contributed by atoms with Gasteiger partial charge in [0.05, 0.1) is 10.0 Å². The molecule has 0 saturated heterocycles. The Kier molecular flexibility index (Phi) is 4.35. The van der Waals surface area contributed by atoms with E-state index < -0.39 is 12.7 Å². The summed E-state index contributed by atoms with van der Waals surface area (Å²) in [5.74, 6) is -0.112. The summed E-state index contributed by atoms with van der Waals surface area (Å²) in [7, 11) is 0. The number of halogens is 5. The summed E-state index contributed by atoms with van der Waals surface area (Å²) >= 11 is 11.4. The summed E-state index contributed by atoms with van der Waals surface area (Å²) in [5.41, 5.74) is 5.70. The van der Waals surface area contributed by atoms with Crippen molar-refractivity contribution in [1.82, 2.24) is 0 Å². The first kappa shape index (κ1) is 14.2. The first-order chi connectivity index (χ1) is 7.69. The lowest BCUT2D eigenvalue weighted by Gasteiger charge is -2.18. The van der Waals surface area contributed by atoms with Gasteiger partial charge in [-0.1, -0.05) is 23.2 Å². The number of anilines is 1. The molecule has 17 heavy (non-hydrogen) atoms. The van der Waals surface area contributed by atoms with Gasteiger partial charge in [0.25, 0.3) is 0 Å². The second-order valence-corrected chi connectivity index (χ2v) is 3.88. The molecule has 0 aliphatic carbocycles. The zero-order valence-corrected chi connectivity index (χ0v) is 10.0. The fraction of sp³-hybridized carbons (Fsp3) is 0.333. The third kappa shape index (κ3) is 4.49. The van der Waals surface area contributed by atoms with Gasteiger partial charge in [-0.15, -0.1) is 13.2 Å². The lowest BCUT2D eigenvalue weighted by atomic mass is 10.3. The van der Waals surface area contributed by atoms with Gasteiger partial charge >= 0.3 is 6.36 Å². The third-order valence-corrected chi connectivity index (χ3v) is 2.17. The smallest absolute Gasteiger partial charge is 0.462 e.